The van der Waals surface area contributed by atoms with Crippen molar-refractivity contribution in [3.63, 3.8) is 0 Å². The van der Waals surface area contributed by atoms with Gasteiger partial charge in [0.2, 0.25) is 0 Å². The van der Waals surface area contributed by atoms with Gasteiger partial charge in [-0.05, 0) is 75.1 Å². The van der Waals surface area contributed by atoms with Gasteiger partial charge in [-0.25, -0.2) is 0 Å². The summed E-state index contributed by atoms with van der Waals surface area (Å²) in [5, 5.41) is 0. The monoisotopic (exact) mass is 283 g/mol. The molecule has 1 saturated carbocycles. The van der Waals surface area contributed by atoms with Crippen molar-refractivity contribution in [1.29, 1.82) is 0 Å². The number of hydrogen-bond acceptors (Lipinski definition) is 2. The summed E-state index contributed by atoms with van der Waals surface area (Å²) in [6.07, 6.45) is 3.61. The van der Waals surface area contributed by atoms with Gasteiger partial charge in [-0.3, -0.25) is 0 Å². The van der Waals surface area contributed by atoms with Crippen molar-refractivity contribution in [2.24, 2.45) is 11.7 Å². The maximum Gasteiger partial charge on any atom is 0.125 e. The Balaban J connectivity index is 0.00000180. The molecule has 2 rings (SSSR count). The second-order valence-electron chi connectivity index (χ2n) is 5.87. The average Bonchev–Trinajstić information content (AvgIpc) is 3.08. The first-order valence-corrected chi connectivity index (χ1v) is 6.97. The number of ether oxygens (including phenoxy) is 1. The van der Waals surface area contributed by atoms with Gasteiger partial charge in [0.15, 0.2) is 0 Å². The number of nitrogens with two attached hydrogens (primary N) is 1. The Morgan fingerprint density at radius 3 is 2.42 bits per heavy atom. The first kappa shape index (κ1) is 16.3. The molecule has 2 N–H and O–H groups in total. The highest BCUT2D eigenvalue weighted by atomic mass is 35.5. The summed E-state index contributed by atoms with van der Waals surface area (Å²) >= 11 is 0. The molecule has 0 spiro atoms. The van der Waals surface area contributed by atoms with E-state index in [9.17, 15) is 0 Å². The van der Waals surface area contributed by atoms with E-state index in [2.05, 4.69) is 33.8 Å². The van der Waals surface area contributed by atoms with E-state index in [1.54, 1.807) is 0 Å². The third kappa shape index (κ3) is 4.12. The van der Waals surface area contributed by atoms with Gasteiger partial charge >= 0.3 is 0 Å². The molecule has 0 aromatic heterocycles. The van der Waals surface area contributed by atoms with E-state index in [1.807, 2.05) is 0 Å². The van der Waals surface area contributed by atoms with Crippen molar-refractivity contribution >= 4 is 12.4 Å². The van der Waals surface area contributed by atoms with E-state index in [1.165, 1.54) is 35.1 Å². The molecule has 1 aromatic rings. The highest BCUT2D eigenvalue weighted by molar-refractivity contribution is 5.85. The van der Waals surface area contributed by atoms with E-state index < -0.39 is 0 Å². The van der Waals surface area contributed by atoms with E-state index >= 15 is 0 Å². The highest BCUT2D eigenvalue weighted by Gasteiger charge is 2.23. The third-order valence-corrected chi connectivity index (χ3v) is 3.84. The van der Waals surface area contributed by atoms with Gasteiger partial charge < -0.3 is 10.5 Å². The molecule has 1 aliphatic carbocycles. The summed E-state index contributed by atoms with van der Waals surface area (Å²) in [5.74, 6) is 1.89. The number of halogens is 1. The predicted octanol–water partition coefficient (Wildman–Crippen LogP) is 3.71. The number of benzene rings is 1. The summed E-state index contributed by atoms with van der Waals surface area (Å²) in [4.78, 5) is 0. The molecule has 1 unspecified atom stereocenters. The van der Waals surface area contributed by atoms with Crippen molar-refractivity contribution < 1.29 is 4.74 Å². The molecule has 1 fully saturated rings. The quantitative estimate of drug-likeness (QED) is 0.894. The smallest absolute Gasteiger partial charge is 0.125 e. The van der Waals surface area contributed by atoms with Crippen molar-refractivity contribution in [2.75, 3.05) is 6.61 Å². The number of hydrogen-bond donors (Lipinski definition) is 1. The lowest BCUT2D eigenvalue weighted by atomic mass is 9.95. The van der Waals surface area contributed by atoms with Crippen LogP contribution >= 0.6 is 12.4 Å². The Labute approximate surface area is 123 Å². The van der Waals surface area contributed by atoms with Gasteiger partial charge in [-0.1, -0.05) is 6.07 Å². The molecule has 2 nitrogen and oxygen atoms in total. The van der Waals surface area contributed by atoms with Crippen molar-refractivity contribution in [1.82, 2.24) is 0 Å². The van der Waals surface area contributed by atoms with Crippen molar-refractivity contribution in [3.8, 4) is 5.75 Å². The largest absolute Gasteiger partial charge is 0.493 e. The average molecular weight is 284 g/mol. The zero-order chi connectivity index (χ0) is 13.3. The lowest BCUT2D eigenvalue weighted by molar-refractivity contribution is 0.295. The summed E-state index contributed by atoms with van der Waals surface area (Å²) < 4.78 is 6.00. The fraction of sp³-hybridized carbons (Fsp3) is 0.625. The van der Waals surface area contributed by atoms with Gasteiger partial charge in [-0.15, -0.1) is 12.4 Å². The van der Waals surface area contributed by atoms with Crippen LogP contribution in [-0.4, -0.2) is 12.6 Å². The molecular formula is C16H26ClNO. The van der Waals surface area contributed by atoms with Gasteiger partial charge in [-0.2, -0.15) is 0 Å². The zero-order valence-electron chi connectivity index (χ0n) is 12.5. The highest BCUT2D eigenvalue weighted by Crippen LogP contribution is 2.33. The molecule has 3 heteroatoms. The predicted molar refractivity (Wildman–Crippen MR) is 83.5 cm³/mol. The first-order chi connectivity index (χ1) is 8.49. The first-order valence-electron chi connectivity index (χ1n) is 6.97. The molecule has 19 heavy (non-hydrogen) atoms. The summed E-state index contributed by atoms with van der Waals surface area (Å²) in [6, 6.07) is 2.45. The maximum atomic E-state index is 6.00. The van der Waals surface area contributed by atoms with Crippen LogP contribution in [0.1, 0.15) is 42.0 Å². The molecule has 0 amide bonds. The van der Waals surface area contributed by atoms with Crippen LogP contribution in [0.4, 0.5) is 0 Å². The topological polar surface area (TPSA) is 35.2 Å². The summed E-state index contributed by atoms with van der Waals surface area (Å²) in [7, 11) is 0. The lowest BCUT2D eigenvalue weighted by Gasteiger charge is -2.18. The van der Waals surface area contributed by atoms with Crippen molar-refractivity contribution in [2.45, 2.75) is 53.0 Å². The van der Waals surface area contributed by atoms with Crippen molar-refractivity contribution in [3.05, 3.63) is 28.3 Å². The minimum Gasteiger partial charge on any atom is -0.493 e. The molecule has 1 atom stereocenters. The van der Waals surface area contributed by atoms with Crippen LogP contribution < -0.4 is 10.5 Å². The Bertz CT molecular complexity index is 439. The maximum absolute atomic E-state index is 6.00. The van der Waals surface area contributed by atoms with Crippen LogP contribution in [0, 0.1) is 26.7 Å². The second kappa shape index (κ2) is 6.62. The van der Waals surface area contributed by atoms with E-state index in [0.29, 0.717) is 0 Å². The molecular weight excluding hydrogens is 258 g/mol. The van der Waals surface area contributed by atoms with Gasteiger partial charge in [0.25, 0.3) is 0 Å². The zero-order valence-corrected chi connectivity index (χ0v) is 13.3. The normalized spacial score (nSPS) is 15.8. The van der Waals surface area contributed by atoms with Gasteiger partial charge in [0.1, 0.15) is 5.75 Å². The Hall–Kier alpha value is -0.730. The Morgan fingerprint density at radius 1 is 1.26 bits per heavy atom. The minimum absolute atomic E-state index is 0. The van der Waals surface area contributed by atoms with E-state index in [4.69, 9.17) is 10.5 Å². The van der Waals surface area contributed by atoms with Crippen LogP contribution in [0.25, 0.3) is 0 Å². The van der Waals surface area contributed by atoms with Crippen LogP contribution in [0.3, 0.4) is 0 Å². The lowest BCUT2D eigenvalue weighted by Crippen LogP contribution is -2.19. The fourth-order valence-electron chi connectivity index (χ4n) is 2.41. The second-order valence-corrected chi connectivity index (χ2v) is 5.87. The van der Waals surface area contributed by atoms with Gasteiger partial charge in [0.05, 0.1) is 6.61 Å². The van der Waals surface area contributed by atoms with Crippen LogP contribution in [0.2, 0.25) is 0 Å². The summed E-state index contributed by atoms with van der Waals surface area (Å²) in [5.41, 5.74) is 11.1. The molecule has 0 bridgehead atoms. The van der Waals surface area contributed by atoms with E-state index in [-0.39, 0.29) is 18.4 Å². The van der Waals surface area contributed by atoms with E-state index in [0.717, 1.165) is 24.7 Å². The molecule has 0 aliphatic heterocycles. The number of aryl methyl sites for hydroxylation is 1. The molecule has 0 radical (unpaired) electrons. The Morgan fingerprint density at radius 2 is 1.89 bits per heavy atom. The minimum atomic E-state index is 0. The molecule has 1 aliphatic rings. The van der Waals surface area contributed by atoms with Crippen LogP contribution in [0.15, 0.2) is 6.07 Å². The standard InChI is InChI=1S/C16H25NO.ClH/c1-10-7-15(8-11(2)17)12(3)13(4)16(10)18-9-14-5-6-14;/h7,11,14H,5-6,8-9,17H2,1-4H3;1H. The van der Waals surface area contributed by atoms with Crippen LogP contribution in [0.5, 0.6) is 5.75 Å². The van der Waals surface area contributed by atoms with Gasteiger partial charge in [0, 0.05) is 6.04 Å². The summed E-state index contributed by atoms with van der Waals surface area (Å²) in [6.45, 7) is 9.42. The van der Waals surface area contributed by atoms with Crippen LogP contribution in [-0.2, 0) is 6.42 Å². The SMILES string of the molecule is Cc1cc(CC(C)N)c(C)c(C)c1OCC1CC1.Cl. The molecule has 108 valence electrons. The number of rotatable bonds is 5. The molecule has 1 aromatic carbocycles. The third-order valence-electron chi connectivity index (χ3n) is 3.84. The molecule has 0 heterocycles. The fourth-order valence-corrected chi connectivity index (χ4v) is 2.41. The Kier molecular flexibility index (Phi) is 5.69. The molecule has 0 saturated heterocycles.